The fourth-order valence-electron chi connectivity index (χ4n) is 3.79. The van der Waals surface area contributed by atoms with Gasteiger partial charge in [-0.15, -0.1) is 0 Å². The minimum absolute atomic E-state index is 0.291. The van der Waals surface area contributed by atoms with E-state index in [0.717, 1.165) is 16.5 Å². The van der Waals surface area contributed by atoms with Gasteiger partial charge < -0.3 is 9.80 Å². The Morgan fingerprint density at radius 3 is 2.55 bits per heavy atom. The van der Waals surface area contributed by atoms with E-state index in [4.69, 9.17) is 11.6 Å². The van der Waals surface area contributed by atoms with Crippen LogP contribution in [0.15, 0.2) is 67.4 Å². The van der Waals surface area contributed by atoms with Gasteiger partial charge in [-0.05, 0) is 49.7 Å². The third kappa shape index (κ3) is 6.89. The van der Waals surface area contributed by atoms with E-state index < -0.39 is 0 Å². The zero-order valence-electron chi connectivity index (χ0n) is 19.7. The van der Waals surface area contributed by atoms with Crippen LogP contribution in [-0.2, 0) is 0 Å². The Bertz CT molecular complexity index is 1100. The Kier molecular flexibility index (Phi) is 9.04. The van der Waals surface area contributed by atoms with Crippen molar-refractivity contribution < 1.29 is 4.39 Å². The molecule has 1 aliphatic rings. The summed E-state index contributed by atoms with van der Waals surface area (Å²) in [6.45, 7) is 14.8. The summed E-state index contributed by atoms with van der Waals surface area (Å²) in [5, 5.41) is 1.47. The van der Waals surface area contributed by atoms with Crippen molar-refractivity contribution in [2.75, 3.05) is 33.2 Å². The summed E-state index contributed by atoms with van der Waals surface area (Å²) in [6, 6.07) is 13.8. The largest absolute Gasteiger partial charge is 0.373 e. The average molecular weight is 466 g/mol. The Morgan fingerprint density at radius 2 is 1.88 bits per heavy atom. The number of aromatic nitrogens is 1. The summed E-state index contributed by atoms with van der Waals surface area (Å²) in [4.78, 5) is 9.38. The van der Waals surface area contributed by atoms with Crippen molar-refractivity contribution in [3.05, 3.63) is 83.8 Å². The lowest BCUT2D eigenvalue weighted by Crippen LogP contribution is -2.43. The van der Waals surface area contributed by atoms with Crippen molar-refractivity contribution in [2.45, 2.75) is 26.2 Å². The molecule has 0 spiro atoms. The highest BCUT2D eigenvalue weighted by Crippen LogP contribution is 2.29. The van der Waals surface area contributed by atoms with Crippen molar-refractivity contribution in [3.8, 4) is 11.3 Å². The third-order valence-corrected chi connectivity index (χ3v) is 6.22. The first-order chi connectivity index (χ1) is 15.9. The maximum atomic E-state index is 13.3. The number of rotatable bonds is 6. The van der Waals surface area contributed by atoms with Gasteiger partial charge in [0.25, 0.3) is 0 Å². The summed E-state index contributed by atoms with van der Waals surface area (Å²) in [6.07, 6.45) is 5.49. The third-order valence-electron chi connectivity index (χ3n) is 5.91. The van der Waals surface area contributed by atoms with Crippen LogP contribution in [0.2, 0.25) is 5.02 Å². The number of likely N-dealkylation sites (N-methyl/N-ethyl adjacent to an activating group) is 1. The zero-order chi connectivity index (χ0) is 23.8. The van der Waals surface area contributed by atoms with Crippen molar-refractivity contribution in [3.63, 3.8) is 0 Å². The molecule has 1 aromatic heterocycles. The highest BCUT2D eigenvalue weighted by molar-refractivity contribution is 6.35. The van der Waals surface area contributed by atoms with Crippen LogP contribution in [0.3, 0.4) is 0 Å². The van der Waals surface area contributed by atoms with Crippen LogP contribution >= 0.6 is 11.6 Å². The van der Waals surface area contributed by atoms with Crippen molar-refractivity contribution in [1.29, 1.82) is 0 Å². The lowest BCUT2D eigenvalue weighted by Gasteiger charge is -2.35. The number of fused-ring (bicyclic) bond motifs is 1. The predicted octanol–water partition coefficient (Wildman–Crippen LogP) is 7.28. The standard InChI is InChI=1S/C17H11ClFN.C11H22N2/c1-2-11-6-7-14-15(18)10-16(20-17(14)8-11)12-4-3-5-13(19)9-12;1-4-5-6-11(2)13-9-7-12(3)8-10-13/h2-10H,1H2;2,4-10H2,1,3H3. The molecule has 0 saturated carbocycles. The number of unbranched alkanes of at least 4 members (excludes halogenated alkanes) is 1. The van der Waals surface area contributed by atoms with Crippen LogP contribution < -0.4 is 0 Å². The van der Waals surface area contributed by atoms with Gasteiger partial charge >= 0.3 is 0 Å². The number of benzene rings is 2. The van der Waals surface area contributed by atoms with Gasteiger partial charge in [0.2, 0.25) is 0 Å². The van der Waals surface area contributed by atoms with E-state index in [1.807, 2.05) is 24.3 Å². The van der Waals surface area contributed by atoms with Gasteiger partial charge in [-0.25, -0.2) is 9.37 Å². The zero-order valence-corrected chi connectivity index (χ0v) is 20.4. The van der Waals surface area contributed by atoms with Crippen molar-refractivity contribution in [2.24, 2.45) is 0 Å². The van der Waals surface area contributed by atoms with Gasteiger partial charge in [-0.3, -0.25) is 0 Å². The minimum atomic E-state index is -0.291. The Balaban J connectivity index is 0.000000205. The number of hydrogen-bond donors (Lipinski definition) is 0. The van der Waals surface area contributed by atoms with Gasteiger partial charge in [-0.1, -0.05) is 68.4 Å². The van der Waals surface area contributed by atoms with Gasteiger partial charge in [0.15, 0.2) is 0 Å². The van der Waals surface area contributed by atoms with E-state index in [-0.39, 0.29) is 5.82 Å². The first-order valence-corrected chi connectivity index (χ1v) is 11.9. The maximum absolute atomic E-state index is 13.3. The van der Waals surface area contributed by atoms with Gasteiger partial charge in [-0.2, -0.15) is 0 Å². The quantitative estimate of drug-likeness (QED) is 0.381. The summed E-state index contributed by atoms with van der Waals surface area (Å²) < 4.78 is 13.3. The molecule has 2 heterocycles. The molecular weight excluding hydrogens is 433 g/mol. The lowest BCUT2D eigenvalue weighted by atomic mass is 10.1. The Morgan fingerprint density at radius 1 is 1.12 bits per heavy atom. The molecule has 5 heteroatoms. The molecule has 0 amide bonds. The van der Waals surface area contributed by atoms with Crippen LogP contribution in [-0.4, -0.2) is 48.0 Å². The lowest BCUT2D eigenvalue weighted by molar-refractivity contribution is 0.182. The predicted molar refractivity (Wildman–Crippen MR) is 140 cm³/mol. The first kappa shape index (κ1) is 24.9. The highest BCUT2D eigenvalue weighted by Gasteiger charge is 2.14. The topological polar surface area (TPSA) is 19.4 Å². The molecule has 1 saturated heterocycles. The summed E-state index contributed by atoms with van der Waals surface area (Å²) in [7, 11) is 2.19. The van der Waals surface area contributed by atoms with E-state index >= 15 is 0 Å². The second-order valence-corrected chi connectivity index (χ2v) is 8.85. The van der Waals surface area contributed by atoms with E-state index in [1.165, 1.54) is 63.3 Å². The molecule has 0 unspecified atom stereocenters. The Labute approximate surface area is 202 Å². The highest BCUT2D eigenvalue weighted by atomic mass is 35.5. The summed E-state index contributed by atoms with van der Waals surface area (Å²) >= 11 is 6.29. The van der Waals surface area contributed by atoms with Crippen molar-refractivity contribution >= 4 is 28.6 Å². The van der Waals surface area contributed by atoms with Crippen molar-refractivity contribution in [1.82, 2.24) is 14.8 Å². The van der Waals surface area contributed by atoms with Crippen LogP contribution in [0.5, 0.6) is 0 Å². The number of pyridine rings is 1. The molecule has 0 N–H and O–H groups in total. The summed E-state index contributed by atoms with van der Waals surface area (Å²) in [5.41, 5.74) is 4.45. The SMILES string of the molecule is C=C(CCCC)N1CCN(C)CC1.C=Cc1ccc2c(Cl)cc(-c3cccc(F)c3)nc2c1. The monoisotopic (exact) mass is 465 g/mol. The van der Waals surface area contributed by atoms with Crippen LogP contribution in [0, 0.1) is 5.82 Å². The fourth-order valence-corrected chi connectivity index (χ4v) is 4.05. The average Bonchev–Trinajstić information content (AvgIpc) is 2.83. The van der Waals surface area contributed by atoms with Gasteiger partial charge in [0, 0.05) is 42.8 Å². The molecule has 3 nitrogen and oxygen atoms in total. The number of hydrogen-bond acceptors (Lipinski definition) is 3. The molecule has 174 valence electrons. The smallest absolute Gasteiger partial charge is 0.123 e. The second kappa shape index (κ2) is 12.0. The second-order valence-electron chi connectivity index (χ2n) is 8.44. The molecule has 33 heavy (non-hydrogen) atoms. The van der Waals surface area contributed by atoms with E-state index in [1.54, 1.807) is 18.2 Å². The fraction of sp³-hybridized carbons (Fsp3) is 0.321. The molecule has 1 fully saturated rings. The van der Waals surface area contributed by atoms with E-state index in [2.05, 4.69) is 41.9 Å². The minimum Gasteiger partial charge on any atom is -0.373 e. The van der Waals surface area contributed by atoms with Crippen LogP contribution in [0.4, 0.5) is 4.39 Å². The van der Waals surface area contributed by atoms with Crippen LogP contribution in [0.25, 0.3) is 28.2 Å². The maximum Gasteiger partial charge on any atom is 0.123 e. The molecule has 0 radical (unpaired) electrons. The first-order valence-electron chi connectivity index (χ1n) is 11.5. The number of allylic oxidation sites excluding steroid dienone is 1. The number of nitrogens with zero attached hydrogens (tertiary/aromatic N) is 3. The molecule has 4 rings (SSSR count). The molecular formula is C28H33ClFN3. The molecule has 2 aromatic carbocycles. The molecule has 0 atom stereocenters. The number of halogens is 2. The van der Waals surface area contributed by atoms with Crippen LogP contribution in [0.1, 0.15) is 31.7 Å². The molecule has 3 aromatic rings. The molecule has 1 aliphatic heterocycles. The summed E-state index contributed by atoms with van der Waals surface area (Å²) in [5.74, 6) is -0.291. The Hall–Kier alpha value is -2.69. The van der Waals surface area contributed by atoms with E-state index in [0.29, 0.717) is 16.3 Å². The molecule has 0 bridgehead atoms. The van der Waals surface area contributed by atoms with Gasteiger partial charge in [0.1, 0.15) is 5.82 Å². The molecule has 0 aliphatic carbocycles. The number of piperazine rings is 1. The van der Waals surface area contributed by atoms with Gasteiger partial charge in [0.05, 0.1) is 16.2 Å². The van der Waals surface area contributed by atoms with E-state index in [9.17, 15) is 4.39 Å². The normalized spacial score (nSPS) is 14.0.